The molecule has 0 saturated carbocycles. The van der Waals surface area contributed by atoms with Crippen LogP contribution in [0, 0.1) is 24.0 Å². The van der Waals surface area contributed by atoms with E-state index in [-0.39, 0.29) is 17.1 Å². The Kier molecular flexibility index (Phi) is 4.91. The monoisotopic (exact) mass is 358 g/mol. The lowest BCUT2D eigenvalue weighted by atomic mass is 10.3. The number of amides is 1. The molecular formula is C18H12F2N2O2S. The van der Waals surface area contributed by atoms with Gasteiger partial charge in [0.05, 0.1) is 16.8 Å². The third-order valence-corrected chi connectivity index (χ3v) is 4.35. The summed E-state index contributed by atoms with van der Waals surface area (Å²) in [6.45, 7) is -0.366. The van der Waals surface area contributed by atoms with Gasteiger partial charge in [0.25, 0.3) is 5.91 Å². The second-order valence-electron chi connectivity index (χ2n) is 4.99. The highest BCUT2D eigenvalue weighted by Crippen LogP contribution is 2.20. The molecule has 0 N–H and O–H groups in total. The lowest BCUT2D eigenvalue weighted by Crippen LogP contribution is -2.19. The molecular weight excluding hydrogens is 346 g/mol. The van der Waals surface area contributed by atoms with Gasteiger partial charge in [-0.1, -0.05) is 35.5 Å². The lowest BCUT2D eigenvalue weighted by Gasteiger charge is -2.04. The minimum absolute atomic E-state index is 0.0371. The van der Waals surface area contributed by atoms with Crippen molar-refractivity contribution in [3.05, 3.63) is 58.9 Å². The van der Waals surface area contributed by atoms with E-state index in [0.29, 0.717) is 10.2 Å². The molecule has 0 spiro atoms. The smallest absolute Gasteiger partial charge is 0.286 e. The summed E-state index contributed by atoms with van der Waals surface area (Å²) in [5.74, 6) is 0.746. The summed E-state index contributed by atoms with van der Waals surface area (Å²) in [6.07, 6.45) is 5.33. The van der Waals surface area contributed by atoms with Gasteiger partial charge in [-0.2, -0.15) is 4.99 Å². The van der Waals surface area contributed by atoms with Gasteiger partial charge in [-0.25, -0.2) is 8.78 Å². The average Bonchev–Trinajstić information content (AvgIpc) is 2.93. The van der Waals surface area contributed by atoms with Crippen molar-refractivity contribution < 1.29 is 18.3 Å². The Hall–Kier alpha value is -2.98. The van der Waals surface area contributed by atoms with Crippen molar-refractivity contribution in [2.45, 2.75) is 6.54 Å². The van der Waals surface area contributed by atoms with Gasteiger partial charge in [-0.3, -0.25) is 4.79 Å². The predicted molar refractivity (Wildman–Crippen MR) is 91.1 cm³/mol. The van der Waals surface area contributed by atoms with Crippen LogP contribution in [0.2, 0.25) is 0 Å². The number of thiazole rings is 1. The zero-order valence-electron chi connectivity index (χ0n) is 12.9. The van der Waals surface area contributed by atoms with E-state index in [2.05, 4.69) is 10.9 Å². The zero-order valence-corrected chi connectivity index (χ0v) is 13.7. The minimum Gasteiger partial charge on any atom is -0.481 e. The molecule has 0 saturated heterocycles. The van der Waals surface area contributed by atoms with Crippen molar-refractivity contribution in [2.24, 2.45) is 4.99 Å². The summed E-state index contributed by atoms with van der Waals surface area (Å²) in [4.78, 5) is 16.2. The van der Waals surface area contributed by atoms with E-state index in [4.69, 9.17) is 11.2 Å². The molecule has 25 heavy (non-hydrogen) atoms. The van der Waals surface area contributed by atoms with Crippen LogP contribution in [0.4, 0.5) is 8.78 Å². The molecule has 0 bridgehead atoms. The van der Waals surface area contributed by atoms with Gasteiger partial charge in [0.2, 0.25) is 0 Å². The molecule has 3 rings (SSSR count). The standard InChI is InChI=1S/C18H12F2N2O2S/c1-2-10-22-17-13(20)7-5-9-15(17)25-18(22)21-16(23)11-24-14-8-4-3-6-12(14)19/h1,3-9H,10-11H2. The number of fused-ring (bicyclic) bond motifs is 1. The number of para-hydroxylation sites is 2. The third-order valence-electron chi connectivity index (χ3n) is 3.31. The lowest BCUT2D eigenvalue weighted by molar-refractivity contribution is -0.120. The minimum atomic E-state index is -0.624. The molecule has 0 unspecified atom stereocenters. The van der Waals surface area contributed by atoms with Crippen LogP contribution in [-0.4, -0.2) is 17.1 Å². The second kappa shape index (κ2) is 7.28. The number of carbonyl (C=O) groups is 1. The Labute approximate surface area is 146 Å². The maximum atomic E-state index is 14.1. The second-order valence-corrected chi connectivity index (χ2v) is 6.00. The molecule has 1 aromatic heterocycles. The SMILES string of the molecule is C#CCn1c(=NC(=O)COc2ccccc2F)sc2cccc(F)c21. The van der Waals surface area contributed by atoms with E-state index < -0.39 is 24.1 Å². The fourth-order valence-corrected chi connectivity index (χ4v) is 3.31. The van der Waals surface area contributed by atoms with Crippen LogP contribution in [0.3, 0.4) is 0 Å². The normalized spacial score (nSPS) is 11.5. The maximum Gasteiger partial charge on any atom is 0.286 e. The average molecular weight is 358 g/mol. The van der Waals surface area contributed by atoms with E-state index >= 15 is 0 Å². The van der Waals surface area contributed by atoms with Gasteiger partial charge >= 0.3 is 0 Å². The van der Waals surface area contributed by atoms with Crippen LogP contribution in [0.15, 0.2) is 47.5 Å². The van der Waals surface area contributed by atoms with Crippen LogP contribution in [0.25, 0.3) is 10.2 Å². The Morgan fingerprint density at radius 1 is 1.20 bits per heavy atom. The first-order chi connectivity index (χ1) is 12.1. The van der Waals surface area contributed by atoms with Gasteiger partial charge < -0.3 is 9.30 Å². The van der Waals surface area contributed by atoms with Crippen molar-refractivity contribution in [1.82, 2.24) is 4.57 Å². The number of ether oxygens (including phenoxy) is 1. The Bertz CT molecular complexity index is 1050. The van der Waals surface area contributed by atoms with Gasteiger partial charge in [0.15, 0.2) is 23.0 Å². The van der Waals surface area contributed by atoms with Crippen LogP contribution >= 0.6 is 11.3 Å². The van der Waals surface area contributed by atoms with E-state index in [1.54, 1.807) is 18.2 Å². The largest absolute Gasteiger partial charge is 0.481 e. The summed E-state index contributed by atoms with van der Waals surface area (Å²) in [5.41, 5.74) is 0.298. The zero-order chi connectivity index (χ0) is 17.8. The van der Waals surface area contributed by atoms with Gasteiger partial charge in [0.1, 0.15) is 5.82 Å². The summed E-state index contributed by atoms with van der Waals surface area (Å²) >= 11 is 1.14. The number of hydrogen-bond acceptors (Lipinski definition) is 3. The number of nitrogens with zero attached hydrogens (tertiary/aromatic N) is 2. The highest BCUT2D eigenvalue weighted by Gasteiger charge is 2.12. The number of terminal acetylenes is 1. The molecule has 4 nitrogen and oxygen atoms in total. The summed E-state index contributed by atoms with van der Waals surface area (Å²) in [5, 5.41) is 0. The predicted octanol–water partition coefficient (Wildman–Crippen LogP) is 3.12. The van der Waals surface area contributed by atoms with E-state index in [1.807, 2.05) is 0 Å². The fourth-order valence-electron chi connectivity index (χ4n) is 2.25. The maximum absolute atomic E-state index is 14.1. The molecule has 1 heterocycles. The molecule has 2 aromatic carbocycles. The van der Waals surface area contributed by atoms with E-state index in [9.17, 15) is 13.6 Å². The van der Waals surface area contributed by atoms with Gasteiger partial charge in [-0.15, -0.1) is 6.42 Å². The van der Waals surface area contributed by atoms with Crippen LogP contribution < -0.4 is 9.54 Å². The molecule has 1 amide bonds. The van der Waals surface area contributed by atoms with Gasteiger partial charge in [-0.05, 0) is 24.3 Å². The number of halogens is 2. The molecule has 0 atom stereocenters. The van der Waals surface area contributed by atoms with Crippen LogP contribution in [0.5, 0.6) is 5.75 Å². The Morgan fingerprint density at radius 3 is 2.72 bits per heavy atom. The first-order valence-electron chi connectivity index (χ1n) is 7.26. The van der Waals surface area contributed by atoms with Crippen molar-refractivity contribution in [3.8, 4) is 18.1 Å². The van der Waals surface area contributed by atoms with E-state index in [1.165, 1.54) is 28.8 Å². The van der Waals surface area contributed by atoms with Crippen molar-refractivity contribution >= 4 is 27.5 Å². The molecule has 0 aliphatic carbocycles. The van der Waals surface area contributed by atoms with Crippen molar-refractivity contribution in [2.75, 3.05) is 6.61 Å². The molecule has 0 aliphatic heterocycles. The highest BCUT2D eigenvalue weighted by molar-refractivity contribution is 7.16. The molecule has 0 radical (unpaired) electrons. The fraction of sp³-hybridized carbons (Fsp3) is 0.111. The molecule has 0 fully saturated rings. The molecule has 126 valence electrons. The topological polar surface area (TPSA) is 43.6 Å². The number of benzene rings is 2. The van der Waals surface area contributed by atoms with E-state index in [0.717, 1.165) is 11.3 Å². The first kappa shape index (κ1) is 16.9. The Balaban J connectivity index is 1.91. The van der Waals surface area contributed by atoms with Crippen molar-refractivity contribution in [1.29, 1.82) is 0 Å². The highest BCUT2D eigenvalue weighted by atomic mass is 32.1. The van der Waals surface area contributed by atoms with Gasteiger partial charge in [0, 0.05) is 0 Å². The number of carbonyl (C=O) groups excluding carboxylic acids is 1. The summed E-state index contributed by atoms with van der Waals surface area (Å²) < 4.78 is 34.7. The molecule has 0 aliphatic rings. The van der Waals surface area contributed by atoms with Crippen molar-refractivity contribution in [3.63, 3.8) is 0 Å². The number of hydrogen-bond donors (Lipinski definition) is 0. The van der Waals surface area contributed by atoms with Crippen LogP contribution in [0.1, 0.15) is 0 Å². The molecule has 3 aromatic rings. The quantitative estimate of drug-likeness (QED) is 0.673. The van der Waals surface area contributed by atoms with Crippen LogP contribution in [-0.2, 0) is 11.3 Å². The third kappa shape index (κ3) is 3.59. The first-order valence-corrected chi connectivity index (χ1v) is 8.08. The summed E-state index contributed by atoms with van der Waals surface area (Å²) in [6, 6.07) is 10.4. The Morgan fingerprint density at radius 2 is 1.96 bits per heavy atom. The number of rotatable bonds is 4. The molecule has 7 heteroatoms. The summed E-state index contributed by atoms with van der Waals surface area (Å²) in [7, 11) is 0. The number of aromatic nitrogens is 1.